The molecule has 30 heavy (non-hydrogen) atoms. The highest BCUT2D eigenvalue weighted by molar-refractivity contribution is 9.10. The number of nitrogens with zero attached hydrogens (tertiary/aromatic N) is 1. The third-order valence-corrected chi connectivity index (χ3v) is 4.39. The second-order valence-corrected chi connectivity index (χ2v) is 6.69. The van der Waals surface area contributed by atoms with Crippen LogP contribution in [0.15, 0.2) is 58.6 Å². The molecule has 0 saturated heterocycles. The average molecular weight is 476 g/mol. The Balaban J connectivity index is 1.85. The van der Waals surface area contributed by atoms with Gasteiger partial charge in [0.2, 0.25) is 0 Å². The summed E-state index contributed by atoms with van der Waals surface area (Å²) in [6, 6.07) is 10.1. The molecule has 0 aromatic heterocycles. The fourth-order valence-electron chi connectivity index (χ4n) is 2.32. The van der Waals surface area contributed by atoms with Gasteiger partial charge in [-0.05, 0) is 57.9 Å². The van der Waals surface area contributed by atoms with Gasteiger partial charge in [-0.1, -0.05) is 12.7 Å². The summed E-state index contributed by atoms with van der Waals surface area (Å²) in [6.07, 6.45) is 3.14. The predicted octanol–water partition coefficient (Wildman–Crippen LogP) is 2.91. The molecule has 8 nitrogen and oxygen atoms in total. The molecule has 0 spiro atoms. The molecule has 0 unspecified atom stereocenters. The molecule has 0 aliphatic rings. The maximum Gasteiger partial charge on any atom is 0.259 e. The van der Waals surface area contributed by atoms with Crippen molar-refractivity contribution in [2.24, 2.45) is 5.10 Å². The van der Waals surface area contributed by atoms with E-state index in [4.69, 9.17) is 14.2 Å². The van der Waals surface area contributed by atoms with Crippen LogP contribution in [0.1, 0.15) is 15.9 Å². The van der Waals surface area contributed by atoms with Gasteiger partial charge in [-0.3, -0.25) is 9.59 Å². The number of carbonyl (C=O) groups excluding carboxylic acids is 2. The van der Waals surface area contributed by atoms with Gasteiger partial charge < -0.3 is 19.5 Å². The van der Waals surface area contributed by atoms with Gasteiger partial charge in [-0.15, -0.1) is 0 Å². The number of nitrogens with one attached hydrogen (secondary N) is 2. The lowest BCUT2D eigenvalue weighted by Gasteiger charge is -2.09. The van der Waals surface area contributed by atoms with Crippen LogP contribution in [0.4, 0.5) is 0 Å². The quantitative estimate of drug-likeness (QED) is 0.312. The fraction of sp³-hybridized carbons (Fsp3) is 0.190. The van der Waals surface area contributed by atoms with Crippen molar-refractivity contribution in [1.29, 1.82) is 0 Å². The van der Waals surface area contributed by atoms with Crippen LogP contribution < -0.4 is 25.0 Å². The first-order valence-corrected chi connectivity index (χ1v) is 9.63. The Morgan fingerprint density at radius 3 is 2.50 bits per heavy atom. The smallest absolute Gasteiger partial charge is 0.259 e. The van der Waals surface area contributed by atoms with Crippen molar-refractivity contribution in [3.8, 4) is 17.2 Å². The standard InChI is InChI=1S/C21H22BrN3O5/c1-4-9-30-17-7-5-14(10-16(17)22)12-24-25-20(26)13-23-21(27)15-6-8-18(28-2)19(11-15)29-3/h4-8,10-12H,1,9,13H2,2-3H3,(H,23,27)(H,25,26)/b24-12+. The Morgan fingerprint density at radius 2 is 1.83 bits per heavy atom. The van der Waals surface area contributed by atoms with Crippen molar-refractivity contribution in [3.63, 3.8) is 0 Å². The zero-order valence-electron chi connectivity index (χ0n) is 16.6. The largest absolute Gasteiger partial charge is 0.493 e. The number of hydrazone groups is 1. The van der Waals surface area contributed by atoms with Gasteiger partial charge in [0, 0.05) is 5.56 Å². The number of hydrogen-bond donors (Lipinski definition) is 2. The first kappa shape index (κ1) is 23.0. The summed E-state index contributed by atoms with van der Waals surface area (Å²) >= 11 is 3.41. The van der Waals surface area contributed by atoms with Gasteiger partial charge in [0.25, 0.3) is 11.8 Å². The zero-order chi connectivity index (χ0) is 21.9. The number of carbonyl (C=O) groups is 2. The molecule has 9 heteroatoms. The van der Waals surface area contributed by atoms with Crippen LogP contribution in [0, 0.1) is 0 Å². The molecule has 2 rings (SSSR count). The van der Waals surface area contributed by atoms with Crippen LogP contribution in [0.5, 0.6) is 17.2 Å². The van der Waals surface area contributed by atoms with Gasteiger partial charge in [0.15, 0.2) is 11.5 Å². The Bertz CT molecular complexity index is 946. The van der Waals surface area contributed by atoms with Crippen molar-refractivity contribution in [2.75, 3.05) is 27.4 Å². The van der Waals surface area contributed by atoms with Crippen LogP contribution in [0.2, 0.25) is 0 Å². The van der Waals surface area contributed by atoms with E-state index in [1.807, 2.05) is 0 Å². The van der Waals surface area contributed by atoms with Crippen LogP contribution in [-0.2, 0) is 4.79 Å². The second-order valence-electron chi connectivity index (χ2n) is 5.84. The minimum absolute atomic E-state index is 0.234. The predicted molar refractivity (Wildman–Crippen MR) is 117 cm³/mol. The minimum atomic E-state index is -0.468. The van der Waals surface area contributed by atoms with Crippen molar-refractivity contribution >= 4 is 34.0 Å². The Kier molecular flexibility index (Phi) is 8.89. The summed E-state index contributed by atoms with van der Waals surface area (Å²) in [5.41, 5.74) is 3.45. The van der Waals surface area contributed by atoms with E-state index >= 15 is 0 Å². The lowest BCUT2D eigenvalue weighted by atomic mass is 10.2. The molecule has 2 aromatic carbocycles. The maximum absolute atomic E-state index is 12.2. The molecule has 0 atom stereocenters. The molecule has 2 N–H and O–H groups in total. The number of rotatable bonds is 10. The third kappa shape index (κ3) is 6.63. The van der Waals surface area contributed by atoms with Crippen LogP contribution in [0.3, 0.4) is 0 Å². The van der Waals surface area contributed by atoms with Crippen LogP contribution in [0.25, 0.3) is 0 Å². The van der Waals surface area contributed by atoms with Crippen molar-refractivity contribution < 1.29 is 23.8 Å². The summed E-state index contributed by atoms with van der Waals surface area (Å²) in [5, 5.41) is 6.40. The SMILES string of the molecule is C=CCOc1ccc(/C=N/NC(=O)CNC(=O)c2ccc(OC)c(OC)c2)cc1Br. The summed E-state index contributed by atoms with van der Waals surface area (Å²) in [5.74, 6) is 0.715. The number of hydrogen-bond acceptors (Lipinski definition) is 6. The van der Waals surface area contributed by atoms with E-state index < -0.39 is 11.8 Å². The zero-order valence-corrected chi connectivity index (χ0v) is 18.2. The molecule has 0 aliphatic heterocycles. The normalized spacial score (nSPS) is 10.4. The molecule has 0 saturated carbocycles. The molecule has 0 fully saturated rings. The average Bonchev–Trinajstić information content (AvgIpc) is 2.76. The van der Waals surface area contributed by atoms with Gasteiger partial charge >= 0.3 is 0 Å². The number of amides is 2. The highest BCUT2D eigenvalue weighted by Gasteiger charge is 2.11. The van der Waals surface area contributed by atoms with Crippen molar-refractivity contribution in [3.05, 3.63) is 64.7 Å². The van der Waals surface area contributed by atoms with Crippen LogP contribution >= 0.6 is 15.9 Å². The van der Waals surface area contributed by atoms with E-state index in [-0.39, 0.29) is 6.54 Å². The molecule has 0 bridgehead atoms. The van der Waals surface area contributed by atoms with Gasteiger partial charge in [0.05, 0.1) is 31.5 Å². The highest BCUT2D eigenvalue weighted by Crippen LogP contribution is 2.27. The first-order chi connectivity index (χ1) is 14.5. The Morgan fingerprint density at radius 1 is 1.10 bits per heavy atom. The molecule has 2 amide bonds. The lowest BCUT2D eigenvalue weighted by molar-refractivity contribution is -0.120. The number of ether oxygens (including phenoxy) is 3. The Labute approximate surface area is 183 Å². The number of methoxy groups -OCH3 is 2. The minimum Gasteiger partial charge on any atom is -0.493 e. The molecular formula is C21H22BrN3O5. The maximum atomic E-state index is 12.2. The molecule has 158 valence electrons. The van der Waals surface area contributed by atoms with Crippen molar-refractivity contribution in [1.82, 2.24) is 10.7 Å². The van der Waals surface area contributed by atoms with Gasteiger partial charge in [-0.25, -0.2) is 5.43 Å². The second kappa shape index (κ2) is 11.6. The Hall–Kier alpha value is -3.33. The summed E-state index contributed by atoms with van der Waals surface area (Å²) in [6.45, 7) is 3.77. The molecule has 2 aromatic rings. The van der Waals surface area contributed by atoms with Crippen LogP contribution in [-0.4, -0.2) is 45.4 Å². The topological polar surface area (TPSA) is 98.2 Å². The summed E-state index contributed by atoms with van der Waals surface area (Å²) < 4.78 is 16.5. The summed E-state index contributed by atoms with van der Waals surface area (Å²) in [4.78, 5) is 24.1. The van der Waals surface area contributed by atoms with E-state index in [1.54, 1.807) is 36.4 Å². The fourth-order valence-corrected chi connectivity index (χ4v) is 2.83. The van der Waals surface area contributed by atoms with E-state index in [1.165, 1.54) is 26.5 Å². The summed E-state index contributed by atoms with van der Waals surface area (Å²) in [7, 11) is 2.98. The third-order valence-electron chi connectivity index (χ3n) is 3.77. The number of benzene rings is 2. The first-order valence-electron chi connectivity index (χ1n) is 8.83. The molecule has 0 aliphatic carbocycles. The highest BCUT2D eigenvalue weighted by atomic mass is 79.9. The lowest BCUT2D eigenvalue weighted by Crippen LogP contribution is -2.34. The number of halogens is 1. The monoisotopic (exact) mass is 475 g/mol. The molecular weight excluding hydrogens is 454 g/mol. The molecule has 0 heterocycles. The van der Waals surface area contributed by atoms with Gasteiger partial charge in [-0.2, -0.15) is 5.10 Å². The van der Waals surface area contributed by atoms with Crippen molar-refractivity contribution in [2.45, 2.75) is 0 Å². The van der Waals surface area contributed by atoms with E-state index in [0.29, 0.717) is 29.4 Å². The molecule has 0 radical (unpaired) electrons. The van der Waals surface area contributed by atoms with Gasteiger partial charge in [0.1, 0.15) is 12.4 Å². The van der Waals surface area contributed by atoms with E-state index in [0.717, 1.165) is 10.0 Å². The van der Waals surface area contributed by atoms with E-state index in [9.17, 15) is 9.59 Å². The van der Waals surface area contributed by atoms with E-state index in [2.05, 4.69) is 38.4 Å².